The number of aromatic nitrogens is 1. The van der Waals surface area contributed by atoms with Crippen LogP contribution in [0.15, 0.2) is 72.9 Å². The molecular formula is C32H33ClN2O2. The molecule has 5 heteroatoms. The van der Waals surface area contributed by atoms with Crippen LogP contribution in [0, 0.1) is 11.8 Å². The number of hydrogen-bond donors (Lipinski definition) is 1. The van der Waals surface area contributed by atoms with E-state index >= 15 is 0 Å². The number of allylic oxidation sites excluding steroid dienone is 1. The number of carbonyl (C=O) groups is 2. The molecule has 1 aromatic heterocycles. The Bertz CT molecular complexity index is 1300. The normalized spacial score (nSPS) is 19.2. The zero-order valence-corrected chi connectivity index (χ0v) is 22.0. The molecule has 1 fully saturated rings. The molecule has 37 heavy (non-hydrogen) atoms. The number of pyridine rings is 1. The first kappa shape index (κ1) is 25.4. The van der Waals surface area contributed by atoms with Crippen molar-refractivity contribution in [2.45, 2.75) is 57.9 Å². The molecule has 0 unspecified atom stereocenters. The van der Waals surface area contributed by atoms with Gasteiger partial charge in [0.2, 0.25) is 5.91 Å². The fourth-order valence-corrected chi connectivity index (χ4v) is 5.77. The van der Waals surface area contributed by atoms with Gasteiger partial charge in [-0.2, -0.15) is 0 Å². The number of ketones is 1. The van der Waals surface area contributed by atoms with Crippen molar-refractivity contribution in [1.82, 2.24) is 10.3 Å². The Labute approximate surface area is 224 Å². The molecule has 190 valence electrons. The van der Waals surface area contributed by atoms with Crippen molar-refractivity contribution < 1.29 is 9.59 Å². The summed E-state index contributed by atoms with van der Waals surface area (Å²) in [7, 11) is 0. The van der Waals surface area contributed by atoms with Crippen LogP contribution in [0.4, 0.5) is 0 Å². The lowest BCUT2D eigenvalue weighted by Crippen LogP contribution is -2.41. The van der Waals surface area contributed by atoms with Crippen molar-refractivity contribution in [2.24, 2.45) is 11.8 Å². The van der Waals surface area contributed by atoms with Gasteiger partial charge in [-0.05, 0) is 73.3 Å². The summed E-state index contributed by atoms with van der Waals surface area (Å²) in [5.41, 5.74) is 6.71. The smallest absolute Gasteiger partial charge is 0.223 e. The average Bonchev–Trinajstić information content (AvgIpc) is 3.54. The summed E-state index contributed by atoms with van der Waals surface area (Å²) >= 11 is 6.24. The first-order chi connectivity index (χ1) is 18.0. The Balaban J connectivity index is 1.07. The maximum absolute atomic E-state index is 12.9. The standard InChI is InChI=1S/C32H33ClN2O2/c1-21(31(36)16-10-24-19-28-29(33)14-15-30(28)34-20-24)35-32(37)27-13-9-23(18-27)17-22-7-11-26(12-8-22)25-5-3-2-4-6-25/h2-8,11-12,14,19-21,23,27H,9-10,13,15-18H2,1H3,(H,35,37)/t21-,23-,27+/m0/s1. The lowest BCUT2D eigenvalue weighted by molar-refractivity contribution is -0.129. The Hall–Kier alpha value is -3.24. The van der Waals surface area contributed by atoms with E-state index in [9.17, 15) is 9.59 Å². The Morgan fingerprint density at radius 2 is 1.78 bits per heavy atom. The first-order valence-electron chi connectivity index (χ1n) is 13.3. The third-order valence-electron chi connectivity index (χ3n) is 7.76. The second-order valence-electron chi connectivity index (χ2n) is 10.4. The van der Waals surface area contributed by atoms with Crippen LogP contribution in [-0.2, 0) is 28.9 Å². The topological polar surface area (TPSA) is 59.1 Å². The molecule has 1 amide bonds. The van der Waals surface area contributed by atoms with E-state index in [0.29, 0.717) is 18.8 Å². The monoisotopic (exact) mass is 512 g/mol. The van der Waals surface area contributed by atoms with Gasteiger partial charge in [-0.1, -0.05) is 72.3 Å². The van der Waals surface area contributed by atoms with E-state index in [1.165, 1.54) is 16.7 Å². The molecule has 1 heterocycles. The molecule has 3 aromatic rings. The summed E-state index contributed by atoms with van der Waals surface area (Å²) in [6, 6.07) is 20.7. The van der Waals surface area contributed by atoms with E-state index in [-0.39, 0.29) is 17.6 Å². The van der Waals surface area contributed by atoms with Gasteiger partial charge >= 0.3 is 0 Å². The highest BCUT2D eigenvalue weighted by Crippen LogP contribution is 2.34. The summed E-state index contributed by atoms with van der Waals surface area (Å²) in [6.45, 7) is 1.79. The number of aryl methyl sites for hydroxylation is 1. The summed E-state index contributed by atoms with van der Waals surface area (Å²) in [5.74, 6) is 0.540. The van der Waals surface area contributed by atoms with Gasteiger partial charge in [0.1, 0.15) is 0 Å². The summed E-state index contributed by atoms with van der Waals surface area (Å²) < 4.78 is 0. The first-order valence-corrected chi connectivity index (χ1v) is 13.7. The molecule has 2 aromatic carbocycles. The lowest BCUT2D eigenvalue weighted by atomic mass is 9.95. The van der Waals surface area contributed by atoms with E-state index in [0.717, 1.165) is 54.0 Å². The van der Waals surface area contributed by atoms with Crippen LogP contribution >= 0.6 is 11.6 Å². The number of nitrogens with one attached hydrogen (secondary N) is 1. The molecule has 0 aliphatic heterocycles. The van der Waals surface area contributed by atoms with E-state index in [4.69, 9.17) is 11.6 Å². The maximum Gasteiger partial charge on any atom is 0.223 e. The number of amides is 1. The number of hydrogen-bond acceptors (Lipinski definition) is 3. The SMILES string of the molecule is C[C@H](NC(=O)[C@@H]1CC[C@@H](Cc2ccc(-c3ccccc3)cc2)C1)C(=O)CCc1cnc2c(c1)C(Cl)=CC2. The highest BCUT2D eigenvalue weighted by molar-refractivity contribution is 6.49. The molecule has 1 N–H and O–H groups in total. The van der Waals surface area contributed by atoms with Gasteiger partial charge in [0.15, 0.2) is 5.78 Å². The Morgan fingerprint density at radius 1 is 1.03 bits per heavy atom. The highest BCUT2D eigenvalue weighted by atomic mass is 35.5. The van der Waals surface area contributed by atoms with Gasteiger partial charge in [-0.25, -0.2) is 0 Å². The molecule has 0 spiro atoms. The summed E-state index contributed by atoms with van der Waals surface area (Å²) in [6.07, 6.45) is 9.31. The molecule has 0 bridgehead atoms. The lowest BCUT2D eigenvalue weighted by Gasteiger charge is -2.17. The molecular weight excluding hydrogens is 480 g/mol. The van der Waals surface area contributed by atoms with Crippen molar-refractivity contribution in [3.05, 3.63) is 95.3 Å². The highest BCUT2D eigenvalue weighted by Gasteiger charge is 2.31. The number of nitrogens with zero attached hydrogens (tertiary/aromatic N) is 1. The van der Waals surface area contributed by atoms with Crippen LogP contribution in [0.1, 0.15) is 55.0 Å². The predicted octanol–water partition coefficient (Wildman–Crippen LogP) is 6.55. The van der Waals surface area contributed by atoms with Crippen LogP contribution in [0.5, 0.6) is 0 Å². The predicted molar refractivity (Wildman–Crippen MR) is 149 cm³/mol. The number of benzene rings is 2. The van der Waals surface area contributed by atoms with Crippen LogP contribution in [0.25, 0.3) is 16.2 Å². The van der Waals surface area contributed by atoms with E-state index in [2.05, 4.69) is 58.8 Å². The van der Waals surface area contributed by atoms with Gasteiger partial charge in [0.05, 0.1) is 11.7 Å². The Kier molecular flexibility index (Phi) is 7.85. The number of rotatable bonds is 9. The molecule has 4 nitrogen and oxygen atoms in total. The quantitative estimate of drug-likeness (QED) is 0.353. The van der Waals surface area contributed by atoms with Crippen molar-refractivity contribution in [2.75, 3.05) is 0 Å². The fourth-order valence-electron chi connectivity index (χ4n) is 5.53. The van der Waals surface area contributed by atoms with Crippen molar-refractivity contribution in [3.8, 4) is 11.1 Å². The molecule has 1 saturated carbocycles. The van der Waals surface area contributed by atoms with Gasteiger partial charge in [-0.3, -0.25) is 14.6 Å². The largest absolute Gasteiger partial charge is 0.346 e. The second-order valence-corrected chi connectivity index (χ2v) is 10.8. The fraction of sp³-hybridized carbons (Fsp3) is 0.344. The zero-order chi connectivity index (χ0) is 25.8. The summed E-state index contributed by atoms with van der Waals surface area (Å²) in [4.78, 5) is 30.1. The average molecular weight is 513 g/mol. The molecule has 0 saturated heterocycles. The van der Waals surface area contributed by atoms with Crippen molar-refractivity contribution in [3.63, 3.8) is 0 Å². The maximum atomic E-state index is 12.9. The number of fused-ring (bicyclic) bond motifs is 1. The minimum Gasteiger partial charge on any atom is -0.346 e. The minimum atomic E-state index is -0.483. The van der Waals surface area contributed by atoms with Crippen molar-refractivity contribution in [1.29, 1.82) is 0 Å². The van der Waals surface area contributed by atoms with Crippen LogP contribution in [0.3, 0.4) is 0 Å². The van der Waals surface area contributed by atoms with Crippen LogP contribution in [-0.4, -0.2) is 22.7 Å². The Morgan fingerprint density at radius 3 is 2.57 bits per heavy atom. The third-order valence-corrected chi connectivity index (χ3v) is 8.12. The molecule has 2 aliphatic rings. The minimum absolute atomic E-state index is 0.0129. The summed E-state index contributed by atoms with van der Waals surface area (Å²) in [5, 5.41) is 3.71. The number of Topliss-reactive ketones (excluding diaryl/α,β-unsaturated/α-hetero) is 1. The zero-order valence-electron chi connectivity index (χ0n) is 21.3. The second kappa shape index (κ2) is 11.4. The molecule has 0 radical (unpaired) electrons. The van der Waals surface area contributed by atoms with Gasteiger partial charge in [0.25, 0.3) is 0 Å². The van der Waals surface area contributed by atoms with Gasteiger partial charge in [0, 0.05) is 35.6 Å². The van der Waals surface area contributed by atoms with Crippen molar-refractivity contribution >= 4 is 28.3 Å². The van der Waals surface area contributed by atoms with Crippen LogP contribution in [0.2, 0.25) is 0 Å². The van der Waals surface area contributed by atoms with E-state index in [1.54, 1.807) is 6.92 Å². The van der Waals surface area contributed by atoms with Gasteiger partial charge in [-0.15, -0.1) is 0 Å². The number of halogens is 1. The van der Waals surface area contributed by atoms with E-state index < -0.39 is 6.04 Å². The van der Waals surface area contributed by atoms with Crippen LogP contribution < -0.4 is 5.32 Å². The van der Waals surface area contributed by atoms with Gasteiger partial charge < -0.3 is 5.32 Å². The van der Waals surface area contributed by atoms with E-state index in [1.807, 2.05) is 24.4 Å². The number of carbonyl (C=O) groups excluding carboxylic acids is 2. The molecule has 5 rings (SSSR count). The third kappa shape index (κ3) is 6.19. The molecule has 3 atom stereocenters. The molecule has 2 aliphatic carbocycles.